The van der Waals surface area contributed by atoms with Gasteiger partial charge in [-0.3, -0.25) is 4.79 Å². The third kappa shape index (κ3) is 3.37. The smallest absolute Gasteiger partial charge is 0.258 e. The molecule has 0 fully saturated rings. The third-order valence-corrected chi connectivity index (χ3v) is 3.39. The van der Waals surface area contributed by atoms with Gasteiger partial charge in [0, 0.05) is 4.47 Å². The van der Waals surface area contributed by atoms with Gasteiger partial charge in [0.25, 0.3) is 5.91 Å². The number of pyridine rings is 1. The monoisotopic (exact) mass is 359 g/mol. The van der Waals surface area contributed by atoms with E-state index in [1.54, 1.807) is 18.2 Å². The largest absolute Gasteiger partial charge is 0.397 e. The number of aromatic nitrogens is 1. The first-order valence-electron chi connectivity index (χ1n) is 5.15. The van der Waals surface area contributed by atoms with Crippen molar-refractivity contribution in [1.82, 2.24) is 4.98 Å². The molecule has 2 rings (SSSR count). The summed E-state index contributed by atoms with van der Waals surface area (Å²) in [5.74, 6) is -0.422. The number of hydrogen-bond donors (Lipinski definition) is 2. The zero-order valence-electron chi connectivity index (χ0n) is 9.45. The predicted octanol–water partition coefficient (Wildman–Crippen LogP) is 3.99. The molecule has 1 heterocycles. The van der Waals surface area contributed by atoms with Gasteiger partial charge >= 0.3 is 0 Å². The van der Waals surface area contributed by atoms with Crippen LogP contribution in [0, 0.1) is 0 Å². The first-order valence-corrected chi connectivity index (χ1v) is 6.69. The highest BCUT2D eigenvalue weighted by atomic mass is 79.9. The zero-order chi connectivity index (χ0) is 14.0. The molecule has 0 aliphatic heterocycles. The zero-order valence-corrected chi connectivity index (χ0v) is 12.6. The summed E-state index contributed by atoms with van der Waals surface area (Å²) in [5.41, 5.74) is 6.61. The Morgan fingerprint density at radius 1 is 1.32 bits per heavy atom. The van der Waals surface area contributed by atoms with Crippen LogP contribution in [0.4, 0.5) is 11.4 Å². The summed E-state index contributed by atoms with van der Waals surface area (Å²) in [5, 5.41) is 3.15. The van der Waals surface area contributed by atoms with Gasteiger partial charge < -0.3 is 11.1 Å². The van der Waals surface area contributed by atoms with Crippen molar-refractivity contribution in [2.24, 2.45) is 0 Å². The van der Waals surface area contributed by atoms with Crippen LogP contribution in [0.25, 0.3) is 0 Å². The van der Waals surface area contributed by atoms with Crippen molar-refractivity contribution in [1.29, 1.82) is 0 Å². The number of carbonyl (C=O) groups excluding carboxylic acids is 1. The van der Waals surface area contributed by atoms with Crippen molar-refractivity contribution in [3.05, 3.63) is 50.7 Å². The number of halogens is 3. The summed E-state index contributed by atoms with van der Waals surface area (Å²) in [6.45, 7) is 0. The van der Waals surface area contributed by atoms with Crippen LogP contribution in [-0.2, 0) is 0 Å². The molecule has 4 nitrogen and oxygen atoms in total. The lowest BCUT2D eigenvalue weighted by Crippen LogP contribution is -2.13. The molecule has 0 saturated heterocycles. The molecule has 0 saturated carbocycles. The molecule has 98 valence electrons. The molecular formula is C12H8BrCl2N3O. The van der Waals surface area contributed by atoms with Crippen molar-refractivity contribution in [3.8, 4) is 0 Å². The predicted molar refractivity (Wildman–Crippen MR) is 80.8 cm³/mol. The molecule has 1 aromatic heterocycles. The van der Waals surface area contributed by atoms with E-state index in [1.165, 1.54) is 12.3 Å². The Hall–Kier alpha value is -1.30. The van der Waals surface area contributed by atoms with Crippen molar-refractivity contribution in [2.45, 2.75) is 0 Å². The minimum atomic E-state index is -0.422. The van der Waals surface area contributed by atoms with Crippen molar-refractivity contribution >= 4 is 56.4 Å². The lowest BCUT2D eigenvalue weighted by Gasteiger charge is -2.08. The second-order valence-corrected chi connectivity index (χ2v) is 5.37. The van der Waals surface area contributed by atoms with Crippen LogP contribution in [0.1, 0.15) is 10.4 Å². The van der Waals surface area contributed by atoms with Crippen LogP contribution in [0.5, 0.6) is 0 Å². The van der Waals surface area contributed by atoms with Crippen LogP contribution in [0.3, 0.4) is 0 Å². The fraction of sp³-hybridized carbons (Fsp3) is 0. The second-order valence-electron chi connectivity index (χ2n) is 3.69. The number of rotatable bonds is 2. The third-order valence-electron chi connectivity index (χ3n) is 2.28. The Labute approximate surface area is 128 Å². The molecule has 19 heavy (non-hydrogen) atoms. The Balaban J connectivity index is 2.28. The van der Waals surface area contributed by atoms with E-state index >= 15 is 0 Å². The van der Waals surface area contributed by atoms with Gasteiger partial charge in [-0.15, -0.1) is 0 Å². The summed E-state index contributed by atoms with van der Waals surface area (Å²) >= 11 is 15.2. The Morgan fingerprint density at radius 2 is 2.05 bits per heavy atom. The lowest BCUT2D eigenvalue weighted by atomic mass is 10.2. The minimum Gasteiger partial charge on any atom is -0.397 e. The molecule has 2 aromatic rings. The number of nitrogens with zero attached hydrogens (tertiary/aromatic N) is 1. The molecule has 0 aliphatic carbocycles. The van der Waals surface area contributed by atoms with Gasteiger partial charge in [0.1, 0.15) is 5.15 Å². The average molecular weight is 361 g/mol. The summed E-state index contributed by atoms with van der Waals surface area (Å²) in [7, 11) is 0. The van der Waals surface area contributed by atoms with Gasteiger partial charge in [0.2, 0.25) is 0 Å². The highest BCUT2D eigenvalue weighted by Gasteiger charge is 2.13. The van der Waals surface area contributed by atoms with E-state index in [0.29, 0.717) is 16.4 Å². The van der Waals surface area contributed by atoms with E-state index < -0.39 is 5.91 Å². The Morgan fingerprint density at radius 3 is 2.74 bits per heavy atom. The standard InChI is InChI=1S/C12H8BrCl2N3O/c13-6-1-2-10(9(14)3-6)18-12(19)8-4-7(16)5-17-11(8)15/h1-5H,16H2,(H,18,19). The average Bonchev–Trinajstić information content (AvgIpc) is 2.35. The van der Waals surface area contributed by atoms with Crippen molar-refractivity contribution in [3.63, 3.8) is 0 Å². The van der Waals surface area contributed by atoms with Crippen LogP contribution in [0.15, 0.2) is 34.9 Å². The van der Waals surface area contributed by atoms with E-state index in [0.717, 1.165) is 4.47 Å². The van der Waals surface area contributed by atoms with Crippen LogP contribution in [-0.4, -0.2) is 10.9 Å². The summed E-state index contributed by atoms with van der Waals surface area (Å²) < 4.78 is 0.819. The highest BCUT2D eigenvalue weighted by molar-refractivity contribution is 9.10. The van der Waals surface area contributed by atoms with E-state index in [-0.39, 0.29) is 10.7 Å². The number of carbonyl (C=O) groups is 1. The van der Waals surface area contributed by atoms with E-state index in [2.05, 4.69) is 26.2 Å². The van der Waals surface area contributed by atoms with Crippen LogP contribution < -0.4 is 11.1 Å². The second kappa shape index (κ2) is 5.77. The summed E-state index contributed by atoms with van der Waals surface area (Å²) in [6.07, 6.45) is 1.38. The number of anilines is 2. The van der Waals surface area contributed by atoms with Crippen molar-refractivity contribution in [2.75, 3.05) is 11.1 Å². The van der Waals surface area contributed by atoms with E-state index in [4.69, 9.17) is 28.9 Å². The van der Waals surface area contributed by atoms with Gasteiger partial charge in [-0.25, -0.2) is 4.98 Å². The number of benzene rings is 1. The SMILES string of the molecule is Nc1cnc(Cl)c(C(=O)Nc2ccc(Br)cc2Cl)c1. The normalized spacial score (nSPS) is 10.3. The van der Waals surface area contributed by atoms with Crippen molar-refractivity contribution < 1.29 is 4.79 Å². The first-order chi connectivity index (χ1) is 8.97. The molecule has 0 bridgehead atoms. The summed E-state index contributed by atoms with van der Waals surface area (Å²) in [4.78, 5) is 15.9. The number of amides is 1. The highest BCUT2D eigenvalue weighted by Crippen LogP contribution is 2.26. The molecule has 0 spiro atoms. The minimum absolute atomic E-state index is 0.0833. The number of hydrogen-bond acceptors (Lipinski definition) is 3. The molecule has 3 N–H and O–H groups in total. The summed E-state index contributed by atoms with van der Waals surface area (Å²) in [6, 6.07) is 6.58. The fourth-order valence-corrected chi connectivity index (χ4v) is 2.31. The molecule has 0 radical (unpaired) electrons. The molecule has 7 heteroatoms. The molecule has 1 aromatic carbocycles. The molecule has 0 atom stereocenters. The van der Waals surface area contributed by atoms with E-state index in [9.17, 15) is 4.79 Å². The van der Waals surface area contributed by atoms with Gasteiger partial charge in [0.15, 0.2) is 0 Å². The Kier molecular flexibility index (Phi) is 4.29. The lowest BCUT2D eigenvalue weighted by molar-refractivity contribution is 0.102. The molecule has 0 unspecified atom stereocenters. The molecular weight excluding hydrogens is 353 g/mol. The van der Waals surface area contributed by atoms with Crippen LogP contribution in [0.2, 0.25) is 10.2 Å². The van der Waals surface area contributed by atoms with Gasteiger partial charge in [-0.2, -0.15) is 0 Å². The Bertz CT molecular complexity index is 649. The maximum Gasteiger partial charge on any atom is 0.258 e. The maximum atomic E-state index is 12.1. The first kappa shape index (κ1) is 14.1. The fourth-order valence-electron chi connectivity index (χ4n) is 1.40. The van der Waals surface area contributed by atoms with Gasteiger partial charge in [0.05, 0.1) is 28.2 Å². The van der Waals surface area contributed by atoms with Gasteiger partial charge in [-0.1, -0.05) is 39.1 Å². The molecule has 1 amide bonds. The number of nitrogens with one attached hydrogen (secondary N) is 1. The number of nitrogen functional groups attached to an aromatic ring is 1. The van der Waals surface area contributed by atoms with Crippen LogP contribution >= 0.6 is 39.1 Å². The van der Waals surface area contributed by atoms with Gasteiger partial charge in [-0.05, 0) is 24.3 Å². The maximum absolute atomic E-state index is 12.1. The van der Waals surface area contributed by atoms with E-state index in [1.807, 2.05) is 0 Å². The molecule has 0 aliphatic rings. The topological polar surface area (TPSA) is 68.0 Å². The quantitative estimate of drug-likeness (QED) is 0.795. The number of nitrogens with two attached hydrogens (primary N) is 1.